The first kappa shape index (κ1) is 11.2. The van der Waals surface area contributed by atoms with Crippen molar-refractivity contribution in [1.82, 2.24) is 5.32 Å². The Kier molecular flexibility index (Phi) is 3.29. The van der Waals surface area contributed by atoms with Crippen molar-refractivity contribution in [1.29, 1.82) is 0 Å². The predicted molar refractivity (Wildman–Crippen MR) is 59.2 cm³/mol. The van der Waals surface area contributed by atoms with Crippen LogP contribution in [0.5, 0.6) is 0 Å². The highest BCUT2D eigenvalue weighted by Gasteiger charge is 2.36. The SMILES string of the molecule is CCOC(=O)C1CNCC1c1ccc(C)o1. The van der Waals surface area contributed by atoms with Crippen LogP contribution < -0.4 is 5.32 Å². The molecule has 2 rings (SSSR count). The Bertz CT molecular complexity index is 372. The number of carbonyl (C=O) groups is 1. The quantitative estimate of drug-likeness (QED) is 0.788. The van der Waals surface area contributed by atoms with Gasteiger partial charge in [-0.05, 0) is 26.0 Å². The maximum absolute atomic E-state index is 11.7. The monoisotopic (exact) mass is 223 g/mol. The molecule has 0 saturated carbocycles. The van der Waals surface area contributed by atoms with Crippen LogP contribution in [0.15, 0.2) is 16.5 Å². The minimum atomic E-state index is -0.133. The van der Waals surface area contributed by atoms with E-state index in [2.05, 4.69) is 5.32 Å². The van der Waals surface area contributed by atoms with E-state index in [1.165, 1.54) is 0 Å². The van der Waals surface area contributed by atoms with Gasteiger partial charge in [-0.1, -0.05) is 0 Å². The van der Waals surface area contributed by atoms with Gasteiger partial charge in [0.1, 0.15) is 11.5 Å². The van der Waals surface area contributed by atoms with Crippen molar-refractivity contribution in [3.8, 4) is 0 Å². The molecule has 4 heteroatoms. The second kappa shape index (κ2) is 4.70. The molecular weight excluding hydrogens is 206 g/mol. The Hall–Kier alpha value is -1.29. The molecule has 2 heterocycles. The van der Waals surface area contributed by atoms with Crippen molar-refractivity contribution < 1.29 is 13.9 Å². The zero-order valence-corrected chi connectivity index (χ0v) is 9.66. The topological polar surface area (TPSA) is 51.5 Å². The number of carbonyl (C=O) groups excluding carboxylic acids is 1. The van der Waals surface area contributed by atoms with Crippen molar-refractivity contribution in [2.75, 3.05) is 19.7 Å². The molecule has 0 radical (unpaired) electrons. The van der Waals surface area contributed by atoms with Crippen LogP contribution in [0.25, 0.3) is 0 Å². The van der Waals surface area contributed by atoms with Crippen LogP contribution in [-0.4, -0.2) is 25.7 Å². The summed E-state index contributed by atoms with van der Waals surface area (Å²) in [5, 5.41) is 3.21. The molecule has 0 spiro atoms. The maximum Gasteiger partial charge on any atom is 0.311 e. The molecule has 1 saturated heterocycles. The van der Waals surface area contributed by atoms with Crippen molar-refractivity contribution in [2.45, 2.75) is 19.8 Å². The van der Waals surface area contributed by atoms with Gasteiger partial charge in [0.2, 0.25) is 0 Å². The highest BCUT2D eigenvalue weighted by molar-refractivity contribution is 5.74. The molecule has 4 nitrogen and oxygen atoms in total. The summed E-state index contributed by atoms with van der Waals surface area (Å²) in [5.74, 6) is 1.61. The molecule has 1 aliphatic heterocycles. The third-order valence-electron chi connectivity index (χ3n) is 2.93. The molecule has 1 aromatic rings. The number of hydrogen-bond donors (Lipinski definition) is 1. The average molecular weight is 223 g/mol. The molecule has 16 heavy (non-hydrogen) atoms. The summed E-state index contributed by atoms with van der Waals surface area (Å²) in [6.45, 7) is 5.61. The van der Waals surface area contributed by atoms with Gasteiger partial charge in [-0.25, -0.2) is 0 Å². The first-order chi connectivity index (χ1) is 7.72. The molecule has 1 aromatic heterocycles. The summed E-state index contributed by atoms with van der Waals surface area (Å²) >= 11 is 0. The summed E-state index contributed by atoms with van der Waals surface area (Å²) in [7, 11) is 0. The van der Waals surface area contributed by atoms with Crippen molar-refractivity contribution in [3.05, 3.63) is 23.7 Å². The molecule has 1 aliphatic rings. The van der Waals surface area contributed by atoms with Crippen LogP contribution in [0.3, 0.4) is 0 Å². The lowest BCUT2D eigenvalue weighted by atomic mass is 9.94. The van der Waals surface area contributed by atoms with Crippen LogP contribution in [0, 0.1) is 12.8 Å². The molecule has 1 N–H and O–H groups in total. The van der Waals surface area contributed by atoms with Crippen LogP contribution in [0.2, 0.25) is 0 Å². The lowest BCUT2D eigenvalue weighted by Crippen LogP contribution is -2.23. The van der Waals surface area contributed by atoms with E-state index >= 15 is 0 Å². The second-order valence-electron chi connectivity index (χ2n) is 4.07. The zero-order chi connectivity index (χ0) is 11.5. The van der Waals surface area contributed by atoms with E-state index in [9.17, 15) is 4.79 Å². The molecule has 1 fully saturated rings. The van der Waals surface area contributed by atoms with Gasteiger partial charge >= 0.3 is 5.97 Å². The van der Waals surface area contributed by atoms with Gasteiger partial charge < -0.3 is 14.5 Å². The van der Waals surface area contributed by atoms with E-state index in [-0.39, 0.29) is 17.8 Å². The zero-order valence-electron chi connectivity index (χ0n) is 9.66. The fourth-order valence-corrected chi connectivity index (χ4v) is 2.13. The van der Waals surface area contributed by atoms with E-state index in [4.69, 9.17) is 9.15 Å². The van der Waals surface area contributed by atoms with Crippen LogP contribution in [0.1, 0.15) is 24.4 Å². The molecule has 2 atom stereocenters. The molecular formula is C12H17NO3. The van der Waals surface area contributed by atoms with Gasteiger partial charge in [-0.15, -0.1) is 0 Å². The average Bonchev–Trinajstić information content (AvgIpc) is 2.85. The highest BCUT2D eigenvalue weighted by atomic mass is 16.5. The van der Waals surface area contributed by atoms with Gasteiger partial charge in [0.15, 0.2) is 0 Å². The number of nitrogens with one attached hydrogen (secondary N) is 1. The van der Waals surface area contributed by atoms with Crippen molar-refractivity contribution in [2.24, 2.45) is 5.92 Å². The predicted octanol–water partition coefficient (Wildman–Crippen LogP) is 1.45. The summed E-state index contributed by atoms with van der Waals surface area (Å²) in [6, 6.07) is 3.87. The first-order valence-electron chi connectivity index (χ1n) is 5.66. The third kappa shape index (κ3) is 2.11. The summed E-state index contributed by atoms with van der Waals surface area (Å²) in [4.78, 5) is 11.7. The van der Waals surface area contributed by atoms with Gasteiger partial charge in [0, 0.05) is 19.0 Å². The smallest absolute Gasteiger partial charge is 0.311 e. The number of esters is 1. The standard InChI is InChI=1S/C12H17NO3/c1-3-15-12(14)10-7-13-6-9(10)11-5-4-8(2)16-11/h4-5,9-10,13H,3,6-7H2,1-2H3. The lowest BCUT2D eigenvalue weighted by molar-refractivity contribution is -0.147. The highest BCUT2D eigenvalue weighted by Crippen LogP contribution is 2.30. The Balaban J connectivity index is 2.11. The molecule has 2 unspecified atom stereocenters. The van der Waals surface area contributed by atoms with Crippen LogP contribution in [0.4, 0.5) is 0 Å². The summed E-state index contributed by atoms with van der Waals surface area (Å²) in [6.07, 6.45) is 0. The Morgan fingerprint density at radius 2 is 2.38 bits per heavy atom. The van der Waals surface area contributed by atoms with E-state index in [0.29, 0.717) is 13.2 Å². The van der Waals surface area contributed by atoms with Crippen LogP contribution in [-0.2, 0) is 9.53 Å². The summed E-state index contributed by atoms with van der Waals surface area (Å²) in [5.41, 5.74) is 0. The fraction of sp³-hybridized carbons (Fsp3) is 0.583. The Labute approximate surface area is 95.0 Å². The minimum absolute atomic E-state index is 0.104. The van der Waals surface area contributed by atoms with Gasteiger partial charge in [-0.3, -0.25) is 4.79 Å². The van der Waals surface area contributed by atoms with E-state index in [1.54, 1.807) is 0 Å². The molecule has 0 aliphatic carbocycles. The lowest BCUT2D eigenvalue weighted by Gasteiger charge is -2.14. The number of hydrogen-bond acceptors (Lipinski definition) is 4. The van der Waals surface area contributed by atoms with Crippen molar-refractivity contribution in [3.63, 3.8) is 0 Å². The Morgan fingerprint density at radius 3 is 3.00 bits per heavy atom. The number of rotatable bonds is 3. The molecule has 88 valence electrons. The number of ether oxygens (including phenoxy) is 1. The summed E-state index contributed by atoms with van der Waals surface area (Å²) < 4.78 is 10.6. The molecule has 0 aromatic carbocycles. The minimum Gasteiger partial charge on any atom is -0.466 e. The molecule has 0 amide bonds. The Morgan fingerprint density at radius 1 is 1.56 bits per heavy atom. The maximum atomic E-state index is 11.7. The van der Waals surface area contributed by atoms with Gasteiger partial charge in [0.25, 0.3) is 0 Å². The number of furan rings is 1. The third-order valence-corrected chi connectivity index (χ3v) is 2.93. The van der Waals surface area contributed by atoms with Gasteiger partial charge in [-0.2, -0.15) is 0 Å². The van der Waals surface area contributed by atoms with Crippen molar-refractivity contribution >= 4 is 5.97 Å². The second-order valence-corrected chi connectivity index (χ2v) is 4.07. The molecule has 0 bridgehead atoms. The normalized spacial score (nSPS) is 24.6. The van der Waals surface area contributed by atoms with Gasteiger partial charge in [0.05, 0.1) is 12.5 Å². The van der Waals surface area contributed by atoms with E-state index in [1.807, 2.05) is 26.0 Å². The number of aryl methyl sites for hydroxylation is 1. The largest absolute Gasteiger partial charge is 0.466 e. The van der Waals surface area contributed by atoms with E-state index in [0.717, 1.165) is 18.1 Å². The van der Waals surface area contributed by atoms with Crippen LogP contribution >= 0.6 is 0 Å². The van der Waals surface area contributed by atoms with E-state index < -0.39 is 0 Å². The first-order valence-corrected chi connectivity index (χ1v) is 5.66. The fourth-order valence-electron chi connectivity index (χ4n) is 2.13.